The molecular formula is C50H35N3S2. The molecule has 5 heteroatoms. The summed E-state index contributed by atoms with van der Waals surface area (Å²) in [6.45, 7) is 9.07. The number of hydrogen-bond donors (Lipinski definition) is 0. The van der Waals surface area contributed by atoms with E-state index >= 15 is 0 Å². The zero-order valence-electron chi connectivity index (χ0n) is 30.2. The number of rotatable bonds is 4. The number of fused-ring (bicyclic) bond motifs is 10. The minimum atomic E-state index is 0.461. The van der Waals surface area contributed by atoms with Crippen molar-refractivity contribution < 1.29 is 0 Å². The van der Waals surface area contributed by atoms with Gasteiger partial charge in [-0.05, 0) is 101 Å². The third kappa shape index (κ3) is 5.25. The molecule has 0 amide bonds. The van der Waals surface area contributed by atoms with E-state index in [9.17, 15) is 0 Å². The maximum Gasteiger partial charge on any atom is 0.115 e. The molecule has 0 saturated carbocycles. The predicted molar refractivity (Wildman–Crippen MR) is 238 cm³/mol. The maximum absolute atomic E-state index is 5.54. The first-order valence-corrected chi connectivity index (χ1v) is 20.4. The lowest BCUT2D eigenvalue weighted by Gasteiger charge is -2.22. The summed E-state index contributed by atoms with van der Waals surface area (Å²) >= 11 is 3.61. The van der Waals surface area contributed by atoms with Crippen molar-refractivity contribution in [3.05, 3.63) is 190 Å². The van der Waals surface area contributed by atoms with E-state index < -0.39 is 0 Å². The molecule has 2 aromatic heterocycles. The average molecular weight is 742 g/mol. The highest BCUT2D eigenvalue weighted by Crippen LogP contribution is 2.45. The second kappa shape index (κ2) is 12.8. The van der Waals surface area contributed by atoms with Gasteiger partial charge in [0.1, 0.15) is 6.67 Å². The topological polar surface area (TPSA) is 29.6 Å². The van der Waals surface area contributed by atoms with E-state index in [0.29, 0.717) is 6.67 Å². The highest BCUT2D eigenvalue weighted by Gasteiger charge is 2.28. The van der Waals surface area contributed by atoms with E-state index in [4.69, 9.17) is 9.98 Å². The van der Waals surface area contributed by atoms with Crippen molar-refractivity contribution in [3.63, 3.8) is 0 Å². The fourth-order valence-electron chi connectivity index (χ4n) is 8.86. The largest absolute Gasteiger partial charge is 0.320 e. The lowest BCUT2D eigenvalue weighted by atomic mass is 9.83. The van der Waals surface area contributed by atoms with Crippen molar-refractivity contribution in [2.45, 2.75) is 30.8 Å². The summed E-state index contributed by atoms with van der Waals surface area (Å²) in [7, 11) is 0. The third-order valence-corrected chi connectivity index (χ3v) is 13.7. The number of hydrogen-bond acceptors (Lipinski definition) is 4. The molecule has 2 aliphatic carbocycles. The summed E-state index contributed by atoms with van der Waals surface area (Å²) < 4.78 is 5.03. The summed E-state index contributed by atoms with van der Waals surface area (Å²) in [6.07, 6.45) is 11.8. The van der Waals surface area contributed by atoms with E-state index in [2.05, 4.69) is 157 Å². The Hall–Kier alpha value is -6.01. The monoisotopic (exact) mass is 741 g/mol. The Kier molecular flexibility index (Phi) is 7.55. The second-order valence-electron chi connectivity index (χ2n) is 14.6. The molecular weight excluding hydrogens is 707 g/mol. The van der Waals surface area contributed by atoms with Gasteiger partial charge in [-0.1, -0.05) is 121 Å². The van der Waals surface area contributed by atoms with Gasteiger partial charge in [0.25, 0.3) is 0 Å². The Balaban J connectivity index is 1.09. The molecule has 0 radical (unpaired) electrons. The quantitative estimate of drug-likeness (QED) is 0.165. The molecule has 3 aliphatic rings. The number of thiophene rings is 1. The first-order chi connectivity index (χ1) is 27.1. The first-order valence-electron chi connectivity index (χ1n) is 18.8. The number of nitrogens with zero attached hydrogens (tertiary/aromatic N) is 3. The smallest absolute Gasteiger partial charge is 0.115 e. The van der Waals surface area contributed by atoms with Crippen molar-refractivity contribution in [2.75, 3.05) is 0 Å². The summed E-state index contributed by atoms with van der Waals surface area (Å²) in [5, 5.41) is 7.67. The van der Waals surface area contributed by atoms with Crippen molar-refractivity contribution >= 4 is 94.4 Å². The van der Waals surface area contributed by atoms with Crippen molar-refractivity contribution in [1.29, 1.82) is 0 Å². The molecule has 0 spiro atoms. The SMILES string of the molecule is C=NC(/C1=C/C(=C)/C=C\c2cccc3c2C/C(=C\1)CC3)=C1/Sc2ccccc2/C1=N/Cn1c2ccccc2c2cc3ccc4sc5ccccc5c4c3cc21. The fourth-order valence-corrected chi connectivity index (χ4v) is 11.2. The average Bonchev–Trinajstić information content (AvgIpc) is 3.88. The molecule has 8 aromatic rings. The molecule has 55 heavy (non-hydrogen) atoms. The summed E-state index contributed by atoms with van der Waals surface area (Å²) in [4.78, 5) is 12.5. The third-order valence-electron chi connectivity index (χ3n) is 11.4. The van der Waals surface area contributed by atoms with Gasteiger partial charge in [0, 0.05) is 47.0 Å². The van der Waals surface area contributed by atoms with Gasteiger partial charge in [-0.25, -0.2) is 0 Å². The predicted octanol–water partition coefficient (Wildman–Crippen LogP) is 13.4. The number of thioether (sulfide) groups is 1. The van der Waals surface area contributed by atoms with Crippen molar-refractivity contribution in [2.24, 2.45) is 9.98 Å². The van der Waals surface area contributed by atoms with Crippen LogP contribution in [0.15, 0.2) is 182 Å². The van der Waals surface area contributed by atoms with Gasteiger partial charge in [0.2, 0.25) is 0 Å². The van der Waals surface area contributed by atoms with E-state index in [1.165, 1.54) is 79.9 Å². The van der Waals surface area contributed by atoms with Crippen molar-refractivity contribution in [1.82, 2.24) is 4.57 Å². The minimum absolute atomic E-state index is 0.461. The van der Waals surface area contributed by atoms with E-state index in [0.717, 1.165) is 52.3 Å². The molecule has 262 valence electrons. The van der Waals surface area contributed by atoms with Crippen LogP contribution in [0.4, 0.5) is 0 Å². The van der Waals surface area contributed by atoms with Crippen LogP contribution in [0, 0.1) is 0 Å². The highest BCUT2D eigenvalue weighted by molar-refractivity contribution is 8.04. The summed E-state index contributed by atoms with van der Waals surface area (Å²) in [5.74, 6) is 0. The van der Waals surface area contributed by atoms with Gasteiger partial charge < -0.3 is 4.57 Å². The maximum atomic E-state index is 5.54. The Bertz CT molecular complexity index is 3160. The van der Waals surface area contributed by atoms with E-state index in [1.54, 1.807) is 11.8 Å². The van der Waals surface area contributed by atoms with Crippen LogP contribution in [-0.4, -0.2) is 17.0 Å². The Morgan fingerprint density at radius 3 is 2.51 bits per heavy atom. The van der Waals surface area contributed by atoms with Gasteiger partial charge in [-0.15, -0.1) is 11.3 Å². The Morgan fingerprint density at radius 2 is 1.58 bits per heavy atom. The summed E-state index contributed by atoms with van der Waals surface area (Å²) in [6, 6.07) is 42.1. The van der Waals surface area contributed by atoms with Gasteiger partial charge in [0.05, 0.1) is 27.3 Å². The molecule has 2 bridgehead atoms. The van der Waals surface area contributed by atoms with E-state index in [-0.39, 0.29) is 0 Å². The van der Waals surface area contributed by atoms with Crippen LogP contribution < -0.4 is 0 Å². The van der Waals surface area contributed by atoms with Gasteiger partial charge in [-0.2, -0.15) is 0 Å². The normalized spacial score (nSPS) is 19.5. The van der Waals surface area contributed by atoms with Crippen LogP contribution in [0.3, 0.4) is 0 Å². The van der Waals surface area contributed by atoms with Gasteiger partial charge >= 0.3 is 0 Å². The van der Waals surface area contributed by atoms with Crippen LogP contribution in [0.2, 0.25) is 0 Å². The van der Waals surface area contributed by atoms with Crippen molar-refractivity contribution in [3.8, 4) is 0 Å². The summed E-state index contributed by atoms with van der Waals surface area (Å²) in [5.41, 5.74) is 12.8. The number of aromatic nitrogens is 1. The molecule has 0 unspecified atom stereocenters. The van der Waals surface area contributed by atoms with Crippen LogP contribution in [0.5, 0.6) is 0 Å². The molecule has 1 aliphatic heterocycles. The molecule has 0 atom stereocenters. The molecule has 6 aromatic carbocycles. The highest BCUT2D eigenvalue weighted by atomic mass is 32.2. The van der Waals surface area contributed by atoms with Crippen LogP contribution in [0.25, 0.3) is 58.8 Å². The Labute approximate surface area is 327 Å². The molecule has 3 heterocycles. The Morgan fingerprint density at radius 1 is 0.727 bits per heavy atom. The number of aryl methyl sites for hydroxylation is 1. The minimum Gasteiger partial charge on any atom is -0.320 e. The van der Waals surface area contributed by atoms with E-state index in [1.807, 2.05) is 11.3 Å². The lowest BCUT2D eigenvalue weighted by molar-refractivity contribution is 0.793. The number of benzene rings is 6. The molecule has 3 nitrogen and oxygen atoms in total. The zero-order valence-corrected chi connectivity index (χ0v) is 31.8. The lowest BCUT2D eigenvalue weighted by Crippen LogP contribution is -2.09. The van der Waals surface area contributed by atoms with Gasteiger partial charge in [-0.3, -0.25) is 9.98 Å². The zero-order chi connectivity index (χ0) is 36.6. The molecule has 0 saturated heterocycles. The number of para-hydroxylation sites is 1. The van der Waals surface area contributed by atoms with Crippen LogP contribution >= 0.6 is 23.1 Å². The first kappa shape index (κ1) is 32.4. The van der Waals surface area contributed by atoms with Crippen LogP contribution in [-0.2, 0) is 19.5 Å². The number of aliphatic imine (C=N–C) groups is 2. The molecule has 0 N–H and O–H groups in total. The fraction of sp³-hybridized carbons (Fsp3) is 0.0800. The molecule has 0 fully saturated rings. The van der Waals surface area contributed by atoms with Crippen LogP contribution in [0.1, 0.15) is 28.7 Å². The second-order valence-corrected chi connectivity index (χ2v) is 16.8. The standard InChI is InChI=1S/C50H35N3S2/c1-30-18-20-32-10-9-11-33-21-19-31(26-39(32)33)25-35(24-30)48(51-2)50-49(38-14-5-8-17-45(38)55-50)52-29-53-42-15-6-3-12-36(42)41-27-34-22-23-46-47(40(34)28-43(41)53)37-13-4-7-16-44(37)54-46/h3-18,20,22-25,27-28H,1-2,19,21,26,29H2/b20-18-,31-25-,35-24+,50-48+,52-49-. The number of allylic oxidation sites excluding steroid dienone is 6. The molecule has 11 rings (SSSR count). The van der Waals surface area contributed by atoms with Gasteiger partial charge in [0.15, 0.2) is 0 Å².